The van der Waals surface area contributed by atoms with Crippen molar-refractivity contribution in [3.63, 3.8) is 0 Å². The Balaban J connectivity index is 2.20. The van der Waals surface area contributed by atoms with Gasteiger partial charge in [0.05, 0.1) is 18.2 Å². The Hall–Kier alpha value is -0.730. The third-order valence-corrected chi connectivity index (χ3v) is 3.86. The number of aliphatic hydroxyl groups is 1. The van der Waals surface area contributed by atoms with Crippen LogP contribution in [0.1, 0.15) is 43.6 Å². The van der Waals surface area contributed by atoms with Gasteiger partial charge in [0.25, 0.3) is 0 Å². The van der Waals surface area contributed by atoms with Gasteiger partial charge in [-0.25, -0.2) is 0 Å². The lowest BCUT2D eigenvalue weighted by Crippen LogP contribution is -2.09. The molecule has 3 heteroatoms. The molecule has 2 unspecified atom stereocenters. The molecule has 1 saturated carbocycles. The van der Waals surface area contributed by atoms with Gasteiger partial charge in [-0.1, -0.05) is 30.5 Å². The van der Waals surface area contributed by atoms with Crippen molar-refractivity contribution in [1.29, 1.82) is 0 Å². The quantitative estimate of drug-likeness (QED) is 0.815. The minimum absolute atomic E-state index is 0.163. The second-order valence-corrected chi connectivity index (χ2v) is 5.17. The van der Waals surface area contributed by atoms with E-state index < -0.39 is 0 Å². The van der Waals surface area contributed by atoms with Gasteiger partial charge >= 0.3 is 0 Å². The fourth-order valence-electron chi connectivity index (χ4n) is 2.57. The van der Waals surface area contributed by atoms with Crippen molar-refractivity contribution in [3.05, 3.63) is 28.8 Å². The molecule has 0 saturated heterocycles. The summed E-state index contributed by atoms with van der Waals surface area (Å²) in [4.78, 5) is 0. The summed E-state index contributed by atoms with van der Waals surface area (Å²) in [6, 6.07) is 5.94. The van der Waals surface area contributed by atoms with Crippen LogP contribution >= 0.6 is 11.6 Å². The Morgan fingerprint density at radius 3 is 2.82 bits per heavy atom. The van der Waals surface area contributed by atoms with E-state index in [0.29, 0.717) is 10.9 Å². The van der Waals surface area contributed by atoms with Crippen LogP contribution in [0, 0.1) is 0 Å². The molecule has 1 aromatic carbocycles. The summed E-state index contributed by atoms with van der Waals surface area (Å²) < 4.78 is 5.24. The predicted molar refractivity (Wildman–Crippen MR) is 69.8 cm³/mol. The maximum Gasteiger partial charge on any atom is 0.137 e. The van der Waals surface area contributed by atoms with Gasteiger partial charge in [-0.3, -0.25) is 0 Å². The average Bonchev–Trinajstić information content (AvgIpc) is 2.54. The third-order valence-electron chi connectivity index (χ3n) is 3.54. The predicted octanol–water partition coefficient (Wildman–Crippen LogP) is 3.76. The van der Waals surface area contributed by atoms with E-state index in [9.17, 15) is 5.11 Å². The minimum atomic E-state index is -0.163. The Labute approximate surface area is 108 Å². The van der Waals surface area contributed by atoms with E-state index in [-0.39, 0.29) is 6.10 Å². The van der Waals surface area contributed by atoms with Gasteiger partial charge in [-0.2, -0.15) is 0 Å². The van der Waals surface area contributed by atoms with Crippen LogP contribution in [0.4, 0.5) is 0 Å². The van der Waals surface area contributed by atoms with E-state index in [1.165, 1.54) is 12.0 Å². The molecule has 0 heterocycles. The van der Waals surface area contributed by atoms with Crippen molar-refractivity contribution >= 4 is 11.6 Å². The maximum atomic E-state index is 9.84. The zero-order valence-electron chi connectivity index (χ0n) is 10.2. The van der Waals surface area contributed by atoms with Gasteiger partial charge in [-0.05, 0) is 42.9 Å². The Morgan fingerprint density at radius 2 is 2.06 bits per heavy atom. The van der Waals surface area contributed by atoms with Crippen LogP contribution in [0.25, 0.3) is 0 Å². The summed E-state index contributed by atoms with van der Waals surface area (Å²) in [6.45, 7) is 0. The van der Waals surface area contributed by atoms with Crippen molar-refractivity contribution in [1.82, 2.24) is 0 Å². The number of aliphatic hydroxyl groups excluding tert-OH is 1. The summed E-state index contributed by atoms with van der Waals surface area (Å²) in [6.07, 6.45) is 5.08. The van der Waals surface area contributed by atoms with Crippen molar-refractivity contribution in [2.45, 2.75) is 44.1 Å². The third kappa shape index (κ3) is 3.14. The molecule has 1 aliphatic rings. The zero-order valence-corrected chi connectivity index (χ0v) is 10.9. The van der Waals surface area contributed by atoms with E-state index in [4.69, 9.17) is 16.3 Å². The standard InChI is InChI=1S/C14H19ClO2/c1-17-14-9-11(6-7-13(14)15)10-4-2-3-5-12(16)8-10/h6-7,9-10,12,16H,2-5,8H2,1H3. The Morgan fingerprint density at radius 1 is 1.29 bits per heavy atom. The van der Waals surface area contributed by atoms with E-state index in [2.05, 4.69) is 0 Å². The fourth-order valence-corrected chi connectivity index (χ4v) is 2.76. The highest BCUT2D eigenvalue weighted by Crippen LogP contribution is 2.35. The molecule has 0 aliphatic heterocycles. The fraction of sp³-hybridized carbons (Fsp3) is 0.571. The smallest absolute Gasteiger partial charge is 0.137 e. The van der Waals surface area contributed by atoms with Gasteiger partial charge in [0, 0.05) is 0 Å². The number of methoxy groups -OCH3 is 1. The van der Waals surface area contributed by atoms with Gasteiger partial charge in [-0.15, -0.1) is 0 Å². The molecule has 1 fully saturated rings. The van der Waals surface area contributed by atoms with Crippen LogP contribution < -0.4 is 4.74 Å². The highest BCUT2D eigenvalue weighted by Gasteiger charge is 2.20. The molecule has 0 spiro atoms. The number of hydrogen-bond acceptors (Lipinski definition) is 2. The summed E-state index contributed by atoms with van der Waals surface area (Å²) >= 11 is 6.02. The first kappa shape index (κ1) is 12.7. The maximum absolute atomic E-state index is 9.84. The SMILES string of the molecule is COc1cc(C2CCCCC(O)C2)ccc1Cl. The molecule has 0 radical (unpaired) electrons. The average molecular weight is 255 g/mol. The van der Waals surface area contributed by atoms with Crippen LogP contribution in [0.5, 0.6) is 5.75 Å². The second kappa shape index (κ2) is 5.74. The lowest BCUT2D eigenvalue weighted by molar-refractivity contribution is 0.152. The Bertz CT molecular complexity index is 378. The summed E-state index contributed by atoms with van der Waals surface area (Å²) in [5.41, 5.74) is 1.23. The van der Waals surface area contributed by atoms with Crippen LogP contribution in [-0.2, 0) is 0 Å². The molecular weight excluding hydrogens is 236 g/mol. The molecule has 2 atom stereocenters. The van der Waals surface area contributed by atoms with E-state index in [0.717, 1.165) is 31.4 Å². The normalized spacial score (nSPS) is 25.4. The highest BCUT2D eigenvalue weighted by molar-refractivity contribution is 6.32. The van der Waals surface area contributed by atoms with Crippen molar-refractivity contribution < 1.29 is 9.84 Å². The highest BCUT2D eigenvalue weighted by atomic mass is 35.5. The molecule has 1 N–H and O–H groups in total. The van der Waals surface area contributed by atoms with Gasteiger partial charge < -0.3 is 9.84 Å². The van der Waals surface area contributed by atoms with Crippen LogP contribution in [0.15, 0.2) is 18.2 Å². The minimum Gasteiger partial charge on any atom is -0.495 e. The van der Waals surface area contributed by atoms with Gasteiger partial charge in [0.15, 0.2) is 0 Å². The first-order chi connectivity index (χ1) is 8.20. The van der Waals surface area contributed by atoms with Crippen molar-refractivity contribution in [2.75, 3.05) is 7.11 Å². The number of halogens is 1. The van der Waals surface area contributed by atoms with E-state index >= 15 is 0 Å². The van der Waals surface area contributed by atoms with Crippen LogP contribution in [0.3, 0.4) is 0 Å². The largest absolute Gasteiger partial charge is 0.495 e. The number of benzene rings is 1. The summed E-state index contributed by atoms with van der Waals surface area (Å²) in [5.74, 6) is 1.15. The first-order valence-corrected chi connectivity index (χ1v) is 6.60. The van der Waals surface area contributed by atoms with E-state index in [1.54, 1.807) is 7.11 Å². The molecule has 1 aliphatic carbocycles. The molecule has 0 bridgehead atoms. The first-order valence-electron chi connectivity index (χ1n) is 6.22. The molecule has 2 nitrogen and oxygen atoms in total. The molecular formula is C14H19ClO2. The molecule has 0 amide bonds. The summed E-state index contributed by atoms with van der Waals surface area (Å²) in [7, 11) is 1.63. The zero-order chi connectivity index (χ0) is 12.3. The molecule has 17 heavy (non-hydrogen) atoms. The monoisotopic (exact) mass is 254 g/mol. The molecule has 0 aromatic heterocycles. The lowest BCUT2D eigenvalue weighted by Gasteiger charge is -2.18. The molecule has 94 valence electrons. The molecule has 2 rings (SSSR count). The molecule has 1 aromatic rings. The lowest BCUT2D eigenvalue weighted by atomic mass is 9.91. The second-order valence-electron chi connectivity index (χ2n) is 4.76. The van der Waals surface area contributed by atoms with Gasteiger partial charge in [0.1, 0.15) is 5.75 Å². The number of ether oxygens (including phenoxy) is 1. The number of rotatable bonds is 2. The van der Waals surface area contributed by atoms with Crippen molar-refractivity contribution in [2.24, 2.45) is 0 Å². The topological polar surface area (TPSA) is 29.5 Å². The summed E-state index contributed by atoms with van der Waals surface area (Å²) in [5, 5.41) is 10.5. The van der Waals surface area contributed by atoms with Crippen LogP contribution in [0.2, 0.25) is 5.02 Å². The van der Waals surface area contributed by atoms with Gasteiger partial charge in [0.2, 0.25) is 0 Å². The van der Waals surface area contributed by atoms with Crippen LogP contribution in [-0.4, -0.2) is 18.3 Å². The van der Waals surface area contributed by atoms with Crippen molar-refractivity contribution in [3.8, 4) is 5.75 Å². The number of hydrogen-bond donors (Lipinski definition) is 1. The van der Waals surface area contributed by atoms with E-state index in [1.807, 2.05) is 18.2 Å². The Kier molecular flexibility index (Phi) is 4.30.